The largest absolute Gasteiger partial charge is 0.486 e. The first kappa shape index (κ1) is 12.7. The SMILES string of the molecule is CCC(Nc1cc2c(cc1N)OCCO2)c1ncc[nH]1. The second-order valence-electron chi connectivity index (χ2n) is 4.66. The number of imidazole rings is 1. The van der Waals surface area contributed by atoms with E-state index < -0.39 is 0 Å². The highest BCUT2D eigenvalue weighted by atomic mass is 16.6. The first-order valence-corrected chi connectivity index (χ1v) is 6.73. The van der Waals surface area contributed by atoms with Crippen molar-refractivity contribution < 1.29 is 9.47 Å². The maximum Gasteiger partial charge on any atom is 0.163 e. The molecule has 0 aliphatic carbocycles. The maximum absolute atomic E-state index is 6.07. The number of fused-ring (bicyclic) bond motifs is 1. The van der Waals surface area contributed by atoms with Crippen molar-refractivity contribution >= 4 is 11.4 Å². The van der Waals surface area contributed by atoms with Crippen molar-refractivity contribution in [3.8, 4) is 11.5 Å². The number of rotatable bonds is 4. The number of anilines is 2. The topological polar surface area (TPSA) is 85.2 Å². The summed E-state index contributed by atoms with van der Waals surface area (Å²) in [5.41, 5.74) is 7.54. The van der Waals surface area contributed by atoms with Crippen molar-refractivity contribution in [2.45, 2.75) is 19.4 Å². The first-order valence-electron chi connectivity index (χ1n) is 6.73. The predicted octanol–water partition coefficient (Wildman–Crippen LogP) is 2.33. The van der Waals surface area contributed by atoms with Crippen LogP contribution in [0.25, 0.3) is 0 Å². The minimum absolute atomic E-state index is 0.0786. The van der Waals surface area contributed by atoms with Crippen molar-refractivity contribution in [2.75, 3.05) is 24.3 Å². The minimum atomic E-state index is 0.0786. The molecule has 0 saturated heterocycles. The van der Waals surface area contributed by atoms with E-state index in [1.807, 2.05) is 12.3 Å². The second-order valence-corrected chi connectivity index (χ2v) is 4.66. The fraction of sp³-hybridized carbons (Fsp3) is 0.357. The Bertz CT molecular complexity index is 583. The molecule has 1 aliphatic rings. The van der Waals surface area contributed by atoms with Crippen LogP contribution >= 0.6 is 0 Å². The molecule has 1 aromatic heterocycles. The van der Waals surface area contributed by atoms with Crippen LogP contribution in [0.5, 0.6) is 11.5 Å². The number of hydrogen-bond acceptors (Lipinski definition) is 5. The van der Waals surface area contributed by atoms with E-state index in [1.165, 1.54) is 0 Å². The maximum atomic E-state index is 6.07. The van der Waals surface area contributed by atoms with Crippen LogP contribution in [0.3, 0.4) is 0 Å². The summed E-state index contributed by atoms with van der Waals surface area (Å²) in [4.78, 5) is 7.41. The molecule has 3 rings (SSSR count). The molecular formula is C14H18N4O2. The molecule has 0 bridgehead atoms. The third kappa shape index (κ3) is 2.36. The zero-order chi connectivity index (χ0) is 13.9. The van der Waals surface area contributed by atoms with Gasteiger partial charge in [-0.1, -0.05) is 6.92 Å². The molecule has 20 heavy (non-hydrogen) atoms. The zero-order valence-corrected chi connectivity index (χ0v) is 11.3. The smallest absolute Gasteiger partial charge is 0.163 e. The zero-order valence-electron chi connectivity index (χ0n) is 11.3. The van der Waals surface area contributed by atoms with E-state index in [9.17, 15) is 0 Å². The van der Waals surface area contributed by atoms with E-state index in [4.69, 9.17) is 15.2 Å². The van der Waals surface area contributed by atoms with Crippen LogP contribution in [-0.2, 0) is 0 Å². The fourth-order valence-electron chi connectivity index (χ4n) is 2.25. The van der Waals surface area contributed by atoms with Crippen molar-refractivity contribution in [3.63, 3.8) is 0 Å². The van der Waals surface area contributed by atoms with Gasteiger partial charge in [0.2, 0.25) is 0 Å². The highest BCUT2D eigenvalue weighted by molar-refractivity contribution is 5.72. The Morgan fingerprint density at radius 1 is 1.35 bits per heavy atom. The van der Waals surface area contributed by atoms with Gasteiger partial charge in [-0.15, -0.1) is 0 Å². The highest BCUT2D eigenvalue weighted by Crippen LogP contribution is 2.38. The number of nitrogens with two attached hydrogens (primary N) is 1. The molecule has 1 unspecified atom stereocenters. The minimum Gasteiger partial charge on any atom is -0.486 e. The van der Waals surface area contributed by atoms with E-state index in [-0.39, 0.29) is 6.04 Å². The molecule has 0 spiro atoms. The van der Waals surface area contributed by atoms with Crippen LogP contribution < -0.4 is 20.5 Å². The van der Waals surface area contributed by atoms with Gasteiger partial charge in [-0.05, 0) is 6.42 Å². The van der Waals surface area contributed by atoms with Crippen LogP contribution in [0.15, 0.2) is 24.5 Å². The molecule has 1 aromatic carbocycles. The molecule has 0 amide bonds. The van der Waals surface area contributed by atoms with Gasteiger partial charge in [-0.2, -0.15) is 0 Å². The number of nitrogen functional groups attached to an aromatic ring is 1. The third-order valence-corrected chi connectivity index (χ3v) is 3.30. The number of benzene rings is 1. The predicted molar refractivity (Wildman–Crippen MR) is 77.1 cm³/mol. The van der Waals surface area contributed by atoms with E-state index in [0.29, 0.717) is 24.7 Å². The third-order valence-electron chi connectivity index (χ3n) is 3.30. The monoisotopic (exact) mass is 274 g/mol. The summed E-state index contributed by atoms with van der Waals surface area (Å²) in [6.45, 7) is 3.21. The lowest BCUT2D eigenvalue weighted by Gasteiger charge is -2.22. The molecule has 106 valence electrons. The van der Waals surface area contributed by atoms with Gasteiger partial charge in [0.25, 0.3) is 0 Å². The summed E-state index contributed by atoms with van der Waals surface area (Å²) < 4.78 is 11.1. The second kappa shape index (κ2) is 5.32. The van der Waals surface area contributed by atoms with Gasteiger partial charge in [0.05, 0.1) is 17.4 Å². The Morgan fingerprint density at radius 2 is 2.10 bits per heavy atom. The summed E-state index contributed by atoms with van der Waals surface area (Å²) in [7, 11) is 0. The summed E-state index contributed by atoms with van der Waals surface area (Å²) in [6.07, 6.45) is 4.45. The molecule has 0 saturated carbocycles. The fourth-order valence-corrected chi connectivity index (χ4v) is 2.25. The van der Waals surface area contributed by atoms with Gasteiger partial charge in [0.1, 0.15) is 19.0 Å². The molecular weight excluding hydrogens is 256 g/mol. The van der Waals surface area contributed by atoms with E-state index in [1.54, 1.807) is 12.3 Å². The lowest BCUT2D eigenvalue weighted by atomic mass is 10.1. The standard InChI is InChI=1S/C14H18N4O2/c1-2-10(14-16-3-4-17-14)18-11-8-13-12(7-9(11)15)19-5-6-20-13/h3-4,7-8,10,18H,2,5-6,15H2,1H3,(H,16,17). The summed E-state index contributed by atoms with van der Waals surface area (Å²) in [5.74, 6) is 2.31. The van der Waals surface area contributed by atoms with Crippen molar-refractivity contribution in [1.29, 1.82) is 0 Å². The normalized spacial score (nSPS) is 14.8. The van der Waals surface area contributed by atoms with E-state index >= 15 is 0 Å². The summed E-state index contributed by atoms with van der Waals surface area (Å²) >= 11 is 0. The van der Waals surface area contributed by atoms with Gasteiger partial charge in [0, 0.05) is 24.5 Å². The molecule has 0 fully saturated rings. The number of nitrogens with one attached hydrogen (secondary N) is 2. The van der Waals surface area contributed by atoms with Gasteiger partial charge >= 0.3 is 0 Å². The average Bonchev–Trinajstić information content (AvgIpc) is 2.99. The molecule has 6 heteroatoms. The number of ether oxygens (including phenoxy) is 2. The van der Waals surface area contributed by atoms with E-state index in [0.717, 1.165) is 23.7 Å². The summed E-state index contributed by atoms with van der Waals surface area (Å²) in [5, 5.41) is 3.40. The first-order chi connectivity index (χ1) is 9.78. The van der Waals surface area contributed by atoms with Crippen molar-refractivity contribution in [1.82, 2.24) is 9.97 Å². The quantitative estimate of drug-likeness (QED) is 0.745. The van der Waals surface area contributed by atoms with Gasteiger partial charge in [-0.25, -0.2) is 4.98 Å². The van der Waals surface area contributed by atoms with Crippen LogP contribution in [0, 0.1) is 0 Å². The molecule has 1 atom stereocenters. The molecule has 6 nitrogen and oxygen atoms in total. The van der Waals surface area contributed by atoms with Gasteiger partial charge in [0.15, 0.2) is 11.5 Å². The number of nitrogens with zero attached hydrogens (tertiary/aromatic N) is 1. The average molecular weight is 274 g/mol. The molecule has 4 N–H and O–H groups in total. The van der Waals surface area contributed by atoms with Crippen LogP contribution in [0.4, 0.5) is 11.4 Å². The van der Waals surface area contributed by atoms with Crippen molar-refractivity contribution in [3.05, 3.63) is 30.4 Å². The number of H-pyrrole nitrogens is 1. The number of aromatic amines is 1. The van der Waals surface area contributed by atoms with Crippen LogP contribution in [0.1, 0.15) is 25.2 Å². The lowest BCUT2D eigenvalue weighted by Crippen LogP contribution is -2.17. The van der Waals surface area contributed by atoms with Gasteiger partial charge in [-0.3, -0.25) is 0 Å². The Labute approximate surface area is 117 Å². The Balaban J connectivity index is 1.86. The van der Waals surface area contributed by atoms with Crippen LogP contribution in [-0.4, -0.2) is 23.2 Å². The Hall–Kier alpha value is -2.37. The Morgan fingerprint density at radius 3 is 2.75 bits per heavy atom. The molecule has 2 aromatic rings. The number of aromatic nitrogens is 2. The summed E-state index contributed by atoms with van der Waals surface area (Å²) in [6, 6.07) is 3.76. The van der Waals surface area contributed by atoms with E-state index in [2.05, 4.69) is 22.2 Å². The lowest BCUT2D eigenvalue weighted by molar-refractivity contribution is 0.172. The van der Waals surface area contributed by atoms with Crippen LogP contribution in [0.2, 0.25) is 0 Å². The molecule has 1 aliphatic heterocycles. The number of hydrogen-bond donors (Lipinski definition) is 3. The highest BCUT2D eigenvalue weighted by Gasteiger charge is 2.17. The Kier molecular flexibility index (Phi) is 3.37. The van der Waals surface area contributed by atoms with Gasteiger partial charge < -0.3 is 25.5 Å². The van der Waals surface area contributed by atoms with Crippen molar-refractivity contribution in [2.24, 2.45) is 0 Å². The molecule has 0 radical (unpaired) electrons. The molecule has 2 heterocycles.